The first-order valence-electron chi connectivity index (χ1n) is 7.57. The standard InChI is InChI=1S/C16H23ClN2O/c1-18-10-12-2-5-19(6-3-12)11-14-9-15(17)8-13-4-7-20-16(13)14/h8-9,12,18H,2-7,10-11H2,1H3. The lowest BCUT2D eigenvalue weighted by molar-refractivity contribution is 0.175. The molecule has 1 N–H and O–H groups in total. The number of piperidine rings is 1. The SMILES string of the molecule is CNCC1CCN(Cc2cc(Cl)cc3c2OCC3)CC1. The van der Waals surface area contributed by atoms with E-state index in [0.717, 1.165) is 42.8 Å². The molecule has 0 spiro atoms. The highest BCUT2D eigenvalue weighted by Crippen LogP contribution is 2.34. The maximum absolute atomic E-state index is 6.23. The molecule has 3 nitrogen and oxygen atoms in total. The lowest BCUT2D eigenvalue weighted by Crippen LogP contribution is -2.36. The van der Waals surface area contributed by atoms with Crippen LogP contribution in [0.1, 0.15) is 24.0 Å². The van der Waals surface area contributed by atoms with E-state index in [0.29, 0.717) is 0 Å². The number of nitrogens with zero attached hydrogens (tertiary/aromatic N) is 1. The van der Waals surface area contributed by atoms with Gasteiger partial charge in [-0.25, -0.2) is 0 Å². The van der Waals surface area contributed by atoms with Gasteiger partial charge in [-0.15, -0.1) is 0 Å². The van der Waals surface area contributed by atoms with Crippen LogP contribution in [0.4, 0.5) is 0 Å². The van der Waals surface area contributed by atoms with Gasteiger partial charge in [-0.3, -0.25) is 4.90 Å². The molecule has 2 heterocycles. The van der Waals surface area contributed by atoms with Gasteiger partial charge in [0.05, 0.1) is 6.61 Å². The third-order valence-electron chi connectivity index (χ3n) is 4.42. The Morgan fingerprint density at radius 3 is 2.90 bits per heavy atom. The van der Waals surface area contributed by atoms with Crippen molar-refractivity contribution in [3.63, 3.8) is 0 Å². The zero-order valence-electron chi connectivity index (χ0n) is 12.1. The zero-order chi connectivity index (χ0) is 13.9. The van der Waals surface area contributed by atoms with E-state index in [-0.39, 0.29) is 0 Å². The number of likely N-dealkylation sites (tertiary alicyclic amines) is 1. The van der Waals surface area contributed by atoms with Gasteiger partial charge in [0, 0.05) is 23.6 Å². The van der Waals surface area contributed by atoms with Gasteiger partial charge in [0.15, 0.2) is 0 Å². The van der Waals surface area contributed by atoms with Crippen LogP contribution < -0.4 is 10.1 Å². The monoisotopic (exact) mass is 294 g/mol. The summed E-state index contributed by atoms with van der Waals surface area (Å²) in [5.41, 5.74) is 2.54. The molecule has 0 unspecified atom stereocenters. The van der Waals surface area contributed by atoms with Gasteiger partial charge in [0.2, 0.25) is 0 Å². The maximum Gasteiger partial charge on any atom is 0.127 e. The Morgan fingerprint density at radius 2 is 2.15 bits per heavy atom. The van der Waals surface area contributed by atoms with Crippen LogP contribution in [0.15, 0.2) is 12.1 Å². The van der Waals surface area contributed by atoms with E-state index in [1.165, 1.54) is 37.1 Å². The lowest BCUT2D eigenvalue weighted by atomic mass is 9.96. The number of benzene rings is 1. The minimum atomic E-state index is 0.799. The molecule has 0 radical (unpaired) electrons. The molecule has 1 saturated heterocycles. The van der Waals surface area contributed by atoms with Gasteiger partial charge in [-0.1, -0.05) is 11.6 Å². The summed E-state index contributed by atoms with van der Waals surface area (Å²) in [5.74, 6) is 1.92. The molecule has 0 saturated carbocycles. The normalized spacial score (nSPS) is 19.9. The van der Waals surface area contributed by atoms with Gasteiger partial charge < -0.3 is 10.1 Å². The second-order valence-corrected chi connectivity index (χ2v) is 6.37. The average Bonchev–Trinajstić information content (AvgIpc) is 2.89. The van der Waals surface area contributed by atoms with Crippen molar-refractivity contribution < 1.29 is 4.74 Å². The fourth-order valence-electron chi connectivity index (χ4n) is 3.34. The molecule has 1 aromatic rings. The first kappa shape index (κ1) is 14.2. The third-order valence-corrected chi connectivity index (χ3v) is 4.64. The maximum atomic E-state index is 6.23. The highest BCUT2D eigenvalue weighted by molar-refractivity contribution is 6.30. The molecule has 110 valence electrons. The van der Waals surface area contributed by atoms with Crippen molar-refractivity contribution in [2.45, 2.75) is 25.8 Å². The molecule has 20 heavy (non-hydrogen) atoms. The zero-order valence-corrected chi connectivity index (χ0v) is 12.9. The second-order valence-electron chi connectivity index (χ2n) is 5.93. The highest BCUT2D eigenvalue weighted by atomic mass is 35.5. The minimum absolute atomic E-state index is 0.799. The van der Waals surface area contributed by atoms with Crippen LogP contribution in [0.5, 0.6) is 5.75 Å². The Labute approximate surface area is 126 Å². The summed E-state index contributed by atoms with van der Waals surface area (Å²) in [6.45, 7) is 5.26. The van der Waals surface area contributed by atoms with Crippen LogP contribution in [0.25, 0.3) is 0 Å². The van der Waals surface area contributed by atoms with Crippen LogP contribution in [0.2, 0.25) is 5.02 Å². The summed E-state index contributed by atoms with van der Waals surface area (Å²) in [4.78, 5) is 2.53. The van der Waals surface area contributed by atoms with Crippen LogP contribution in [0.3, 0.4) is 0 Å². The van der Waals surface area contributed by atoms with Gasteiger partial charge in [0.25, 0.3) is 0 Å². The number of rotatable bonds is 4. The molecule has 2 aliphatic rings. The number of halogens is 1. The first-order chi connectivity index (χ1) is 9.76. The number of fused-ring (bicyclic) bond motifs is 1. The number of nitrogens with one attached hydrogen (secondary N) is 1. The lowest BCUT2D eigenvalue weighted by Gasteiger charge is -2.32. The number of hydrogen-bond acceptors (Lipinski definition) is 3. The van der Waals surface area contributed by atoms with Crippen molar-refractivity contribution >= 4 is 11.6 Å². The summed E-state index contributed by atoms with van der Waals surface area (Å²) in [6.07, 6.45) is 3.56. The molecular weight excluding hydrogens is 272 g/mol. The second kappa shape index (κ2) is 6.33. The van der Waals surface area contributed by atoms with E-state index in [9.17, 15) is 0 Å². The molecule has 2 aliphatic heterocycles. The molecule has 0 aromatic heterocycles. The fourth-order valence-corrected chi connectivity index (χ4v) is 3.61. The molecule has 0 bridgehead atoms. The molecule has 3 rings (SSSR count). The van der Waals surface area contributed by atoms with Crippen molar-refractivity contribution in [3.8, 4) is 5.75 Å². The van der Waals surface area contributed by atoms with E-state index in [1.807, 2.05) is 13.1 Å². The Hall–Kier alpha value is -0.770. The van der Waals surface area contributed by atoms with Crippen LogP contribution in [-0.2, 0) is 13.0 Å². The van der Waals surface area contributed by atoms with Crippen molar-refractivity contribution in [1.82, 2.24) is 10.2 Å². The van der Waals surface area contributed by atoms with E-state index < -0.39 is 0 Å². The van der Waals surface area contributed by atoms with Crippen LogP contribution in [0, 0.1) is 5.92 Å². The van der Waals surface area contributed by atoms with Crippen LogP contribution in [-0.4, -0.2) is 38.2 Å². The van der Waals surface area contributed by atoms with Gasteiger partial charge in [0.1, 0.15) is 5.75 Å². The van der Waals surface area contributed by atoms with E-state index >= 15 is 0 Å². The average molecular weight is 295 g/mol. The number of ether oxygens (including phenoxy) is 1. The summed E-state index contributed by atoms with van der Waals surface area (Å²) in [6, 6.07) is 4.12. The summed E-state index contributed by atoms with van der Waals surface area (Å²) in [5, 5.41) is 4.13. The predicted molar refractivity (Wildman–Crippen MR) is 82.6 cm³/mol. The fraction of sp³-hybridized carbons (Fsp3) is 0.625. The minimum Gasteiger partial charge on any atom is -0.493 e. The molecule has 0 aliphatic carbocycles. The van der Waals surface area contributed by atoms with Crippen molar-refractivity contribution in [3.05, 3.63) is 28.3 Å². The van der Waals surface area contributed by atoms with E-state index in [4.69, 9.17) is 16.3 Å². The highest BCUT2D eigenvalue weighted by Gasteiger charge is 2.22. The molecule has 4 heteroatoms. The first-order valence-corrected chi connectivity index (χ1v) is 7.95. The molecular formula is C16H23ClN2O. The smallest absolute Gasteiger partial charge is 0.127 e. The van der Waals surface area contributed by atoms with Gasteiger partial charge in [-0.05, 0) is 63.1 Å². The van der Waals surface area contributed by atoms with E-state index in [2.05, 4.69) is 16.3 Å². The summed E-state index contributed by atoms with van der Waals surface area (Å²) < 4.78 is 5.79. The quantitative estimate of drug-likeness (QED) is 0.924. The summed E-state index contributed by atoms with van der Waals surface area (Å²) >= 11 is 6.23. The Kier molecular flexibility index (Phi) is 4.49. The van der Waals surface area contributed by atoms with Crippen molar-refractivity contribution in [1.29, 1.82) is 0 Å². The molecule has 0 atom stereocenters. The van der Waals surface area contributed by atoms with Gasteiger partial charge in [-0.2, -0.15) is 0 Å². The van der Waals surface area contributed by atoms with Gasteiger partial charge >= 0.3 is 0 Å². The topological polar surface area (TPSA) is 24.5 Å². The van der Waals surface area contributed by atoms with Crippen molar-refractivity contribution in [2.75, 3.05) is 33.3 Å². The molecule has 0 amide bonds. The largest absolute Gasteiger partial charge is 0.493 e. The van der Waals surface area contributed by atoms with E-state index in [1.54, 1.807) is 0 Å². The Balaban J connectivity index is 1.64. The number of hydrogen-bond donors (Lipinski definition) is 1. The molecule has 1 fully saturated rings. The van der Waals surface area contributed by atoms with Crippen molar-refractivity contribution in [2.24, 2.45) is 5.92 Å². The Morgan fingerprint density at radius 1 is 1.35 bits per heavy atom. The van der Waals surface area contributed by atoms with Crippen LogP contribution >= 0.6 is 11.6 Å². The Bertz CT molecular complexity index is 470. The summed E-state index contributed by atoms with van der Waals surface area (Å²) in [7, 11) is 2.04. The predicted octanol–water partition coefficient (Wildman–Crippen LogP) is 2.71. The molecule has 1 aromatic carbocycles. The third kappa shape index (κ3) is 3.11.